The van der Waals surface area contributed by atoms with E-state index in [2.05, 4.69) is 15.2 Å². The summed E-state index contributed by atoms with van der Waals surface area (Å²) in [6.45, 7) is 1.92. The van der Waals surface area contributed by atoms with Crippen LogP contribution in [0.4, 0.5) is 0 Å². The quantitative estimate of drug-likeness (QED) is 0.784. The van der Waals surface area contributed by atoms with E-state index in [1.807, 2.05) is 6.92 Å². The normalized spacial score (nSPS) is 21.0. The summed E-state index contributed by atoms with van der Waals surface area (Å²) in [4.78, 5) is 4.39. The topological polar surface area (TPSA) is 50.8 Å². The number of aromatic nitrogens is 3. The first-order valence-corrected chi connectivity index (χ1v) is 5.21. The highest BCUT2D eigenvalue weighted by atomic mass is 16.5. The van der Waals surface area contributed by atoms with Gasteiger partial charge in [0, 0.05) is 7.11 Å². The SMILES string of the molecule is COC1(c2n[nH]c(C)n2)CCCCC1. The summed E-state index contributed by atoms with van der Waals surface area (Å²) in [5.74, 6) is 1.69. The van der Waals surface area contributed by atoms with Gasteiger partial charge >= 0.3 is 0 Å². The molecule has 0 radical (unpaired) electrons. The summed E-state index contributed by atoms with van der Waals surface area (Å²) in [6.07, 6.45) is 5.80. The largest absolute Gasteiger partial charge is 0.370 e. The van der Waals surface area contributed by atoms with Gasteiger partial charge in [0.15, 0.2) is 5.82 Å². The molecule has 0 atom stereocenters. The zero-order valence-corrected chi connectivity index (χ0v) is 8.84. The Morgan fingerprint density at radius 3 is 2.50 bits per heavy atom. The van der Waals surface area contributed by atoms with E-state index in [0.29, 0.717) is 0 Å². The molecule has 0 aliphatic heterocycles. The van der Waals surface area contributed by atoms with Crippen molar-refractivity contribution in [3.05, 3.63) is 11.6 Å². The van der Waals surface area contributed by atoms with Gasteiger partial charge in [0.2, 0.25) is 0 Å². The van der Waals surface area contributed by atoms with Gasteiger partial charge in [-0.05, 0) is 19.8 Å². The second-order valence-electron chi connectivity index (χ2n) is 4.00. The van der Waals surface area contributed by atoms with Gasteiger partial charge in [0.05, 0.1) is 0 Å². The molecule has 14 heavy (non-hydrogen) atoms. The number of hydrogen-bond acceptors (Lipinski definition) is 3. The maximum absolute atomic E-state index is 5.63. The third-order valence-corrected chi connectivity index (χ3v) is 3.06. The average Bonchev–Trinajstić information content (AvgIpc) is 2.66. The molecule has 1 saturated carbocycles. The Hall–Kier alpha value is -0.900. The lowest BCUT2D eigenvalue weighted by Crippen LogP contribution is -2.32. The van der Waals surface area contributed by atoms with Crippen LogP contribution in [0.25, 0.3) is 0 Å². The second-order valence-corrected chi connectivity index (χ2v) is 4.00. The molecule has 1 aliphatic rings. The van der Waals surface area contributed by atoms with Gasteiger partial charge in [-0.1, -0.05) is 19.3 Å². The van der Waals surface area contributed by atoms with Crippen LogP contribution in [0.3, 0.4) is 0 Å². The molecule has 1 fully saturated rings. The highest BCUT2D eigenvalue weighted by Crippen LogP contribution is 2.37. The molecule has 1 heterocycles. The maximum Gasteiger partial charge on any atom is 0.182 e. The first-order chi connectivity index (χ1) is 6.77. The predicted octanol–water partition coefficient (Wildman–Crippen LogP) is 1.92. The van der Waals surface area contributed by atoms with E-state index in [0.717, 1.165) is 24.5 Å². The van der Waals surface area contributed by atoms with Crippen molar-refractivity contribution in [1.29, 1.82) is 0 Å². The Morgan fingerprint density at radius 2 is 2.00 bits per heavy atom. The molecule has 4 heteroatoms. The van der Waals surface area contributed by atoms with Crippen molar-refractivity contribution in [3.8, 4) is 0 Å². The standard InChI is InChI=1S/C10H17N3O/c1-8-11-9(13-12-8)10(14-2)6-4-3-5-7-10/h3-7H2,1-2H3,(H,11,12,13). The van der Waals surface area contributed by atoms with Gasteiger partial charge < -0.3 is 4.74 Å². The van der Waals surface area contributed by atoms with E-state index < -0.39 is 0 Å². The van der Waals surface area contributed by atoms with Crippen molar-refractivity contribution in [1.82, 2.24) is 15.2 Å². The first-order valence-electron chi connectivity index (χ1n) is 5.21. The lowest BCUT2D eigenvalue weighted by atomic mass is 9.84. The monoisotopic (exact) mass is 195 g/mol. The molecule has 0 amide bonds. The molecule has 2 rings (SSSR count). The minimum absolute atomic E-state index is 0.219. The number of ether oxygens (including phenoxy) is 1. The Kier molecular flexibility index (Phi) is 2.54. The number of H-pyrrole nitrogens is 1. The van der Waals surface area contributed by atoms with E-state index in [-0.39, 0.29) is 5.60 Å². The highest BCUT2D eigenvalue weighted by molar-refractivity contribution is 5.04. The van der Waals surface area contributed by atoms with E-state index in [9.17, 15) is 0 Å². The number of nitrogens with one attached hydrogen (secondary N) is 1. The summed E-state index contributed by atoms with van der Waals surface area (Å²) < 4.78 is 5.63. The van der Waals surface area contributed by atoms with E-state index in [1.54, 1.807) is 7.11 Å². The molecule has 1 N–H and O–H groups in total. The minimum atomic E-state index is -0.219. The summed E-state index contributed by atoms with van der Waals surface area (Å²) in [6, 6.07) is 0. The fraction of sp³-hybridized carbons (Fsp3) is 0.800. The predicted molar refractivity (Wildman–Crippen MR) is 52.9 cm³/mol. The van der Waals surface area contributed by atoms with Crippen molar-refractivity contribution in [2.45, 2.75) is 44.6 Å². The molecule has 0 spiro atoms. The van der Waals surface area contributed by atoms with Crippen LogP contribution in [-0.2, 0) is 10.3 Å². The van der Waals surface area contributed by atoms with Crippen LogP contribution < -0.4 is 0 Å². The molecule has 4 nitrogen and oxygen atoms in total. The van der Waals surface area contributed by atoms with Gasteiger partial charge in [0.25, 0.3) is 0 Å². The fourth-order valence-electron chi connectivity index (χ4n) is 2.19. The number of hydrogen-bond donors (Lipinski definition) is 1. The van der Waals surface area contributed by atoms with Gasteiger partial charge in [-0.2, -0.15) is 5.10 Å². The van der Waals surface area contributed by atoms with Crippen LogP contribution in [0.15, 0.2) is 0 Å². The van der Waals surface area contributed by atoms with Gasteiger partial charge in [-0.3, -0.25) is 5.10 Å². The molecule has 1 aromatic heterocycles. The number of aromatic amines is 1. The third kappa shape index (κ3) is 1.54. The van der Waals surface area contributed by atoms with Crippen LogP contribution in [0.2, 0.25) is 0 Å². The van der Waals surface area contributed by atoms with Crippen LogP contribution >= 0.6 is 0 Å². The number of nitrogens with zero attached hydrogens (tertiary/aromatic N) is 2. The van der Waals surface area contributed by atoms with Gasteiger partial charge in [-0.25, -0.2) is 4.98 Å². The van der Waals surface area contributed by atoms with Crippen LogP contribution in [-0.4, -0.2) is 22.3 Å². The van der Waals surface area contributed by atoms with Gasteiger partial charge in [0.1, 0.15) is 11.4 Å². The zero-order valence-electron chi connectivity index (χ0n) is 8.84. The summed E-state index contributed by atoms with van der Waals surface area (Å²) in [5.41, 5.74) is -0.219. The van der Waals surface area contributed by atoms with E-state index >= 15 is 0 Å². The fourth-order valence-corrected chi connectivity index (χ4v) is 2.19. The first kappa shape index (κ1) is 9.65. The lowest BCUT2D eigenvalue weighted by molar-refractivity contribution is -0.0512. The molecule has 0 unspecified atom stereocenters. The molecule has 78 valence electrons. The van der Waals surface area contributed by atoms with Crippen molar-refractivity contribution in [2.24, 2.45) is 0 Å². The van der Waals surface area contributed by atoms with Crippen LogP contribution in [0.5, 0.6) is 0 Å². The Bertz CT molecular complexity index is 302. The summed E-state index contributed by atoms with van der Waals surface area (Å²) >= 11 is 0. The molecule has 1 aromatic rings. The molecule has 0 saturated heterocycles. The molecule has 0 aromatic carbocycles. The highest BCUT2D eigenvalue weighted by Gasteiger charge is 2.37. The summed E-state index contributed by atoms with van der Waals surface area (Å²) in [5, 5.41) is 7.11. The smallest absolute Gasteiger partial charge is 0.182 e. The average molecular weight is 195 g/mol. The van der Waals surface area contributed by atoms with Crippen LogP contribution in [0, 0.1) is 6.92 Å². The van der Waals surface area contributed by atoms with Crippen LogP contribution in [0.1, 0.15) is 43.8 Å². The van der Waals surface area contributed by atoms with Crippen molar-refractivity contribution in [3.63, 3.8) is 0 Å². The molecular weight excluding hydrogens is 178 g/mol. The minimum Gasteiger partial charge on any atom is -0.370 e. The Balaban J connectivity index is 2.26. The van der Waals surface area contributed by atoms with Crippen molar-refractivity contribution < 1.29 is 4.74 Å². The maximum atomic E-state index is 5.63. The molecule has 1 aliphatic carbocycles. The van der Waals surface area contributed by atoms with E-state index in [1.165, 1.54) is 19.3 Å². The molecular formula is C10H17N3O. The van der Waals surface area contributed by atoms with E-state index in [4.69, 9.17) is 4.74 Å². The Morgan fingerprint density at radius 1 is 1.29 bits per heavy atom. The Labute approximate surface area is 84.1 Å². The lowest BCUT2D eigenvalue weighted by Gasteiger charge is -2.33. The van der Waals surface area contributed by atoms with Crippen molar-refractivity contribution >= 4 is 0 Å². The third-order valence-electron chi connectivity index (χ3n) is 3.06. The number of methoxy groups -OCH3 is 1. The summed E-state index contributed by atoms with van der Waals surface area (Å²) in [7, 11) is 1.76. The number of rotatable bonds is 2. The van der Waals surface area contributed by atoms with Gasteiger partial charge in [-0.15, -0.1) is 0 Å². The zero-order chi connectivity index (χ0) is 10.0. The number of aryl methyl sites for hydroxylation is 1. The second kappa shape index (κ2) is 3.69. The molecule has 0 bridgehead atoms. The van der Waals surface area contributed by atoms with Crippen molar-refractivity contribution in [2.75, 3.05) is 7.11 Å².